The summed E-state index contributed by atoms with van der Waals surface area (Å²) in [4.78, 5) is 13.0. The van der Waals surface area contributed by atoms with E-state index < -0.39 is 16.1 Å². The molecule has 7 heteroatoms. The first-order chi connectivity index (χ1) is 9.67. The molecule has 0 aliphatic heterocycles. The lowest BCUT2D eigenvalue weighted by Crippen LogP contribution is -2.47. The van der Waals surface area contributed by atoms with Gasteiger partial charge in [0.15, 0.2) is 0 Å². The van der Waals surface area contributed by atoms with Crippen molar-refractivity contribution in [2.45, 2.75) is 37.8 Å². The highest BCUT2D eigenvalue weighted by Gasteiger charge is 2.18. The van der Waals surface area contributed by atoms with Crippen LogP contribution in [-0.2, 0) is 14.8 Å². The molecule has 0 aliphatic rings. The largest absolute Gasteiger partial charge is 0.351 e. The summed E-state index contributed by atoms with van der Waals surface area (Å²) >= 11 is 1.65. The Morgan fingerprint density at radius 2 is 1.81 bits per heavy atom. The second kappa shape index (κ2) is 7.82. The van der Waals surface area contributed by atoms with Crippen LogP contribution in [0.3, 0.4) is 0 Å². The number of sulfonamides is 1. The topological polar surface area (TPSA) is 75.3 Å². The van der Waals surface area contributed by atoms with E-state index in [1.54, 1.807) is 11.8 Å². The molecule has 0 aromatic heterocycles. The molecule has 0 saturated carbocycles. The first-order valence-corrected chi connectivity index (χ1v) is 9.52. The predicted octanol–water partition coefficient (Wildman–Crippen LogP) is 1.53. The number of amides is 1. The minimum absolute atomic E-state index is 0.0485. The molecule has 5 nitrogen and oxygen atoms in total. The van der Waals surface area contributed by atoms with Crippen LogP contribution in [0.25, 0.3) is 0 Å². The summed E-state index contributed by atoms with van der Waals surface area (Å²) in [5.74, 6) is 0.401. The van der Waals surface area contributed by atoms with Crippen molar-refractivity contribution in [2.24, 2.45) is 0 Å². The third-order valence-corrected chi connectivity index (χ3v) is 4.75. The molecule has 1 aromatic rings. The molecular formula is C14H22N2O3S2. The third-order valence-electron chi connectivity index (χ3n) is 2.69. The monoisotopic (exact) mass is 330 g/mol. The van der Waals surface area contributed by atoms with Crippen molar-refractivity contribution in [1.82, 2.24) is 10.0 Å². The number of benzene rings is 1. The van der Waals surface area contributed by atoms with Crippen LogP contribution in [0, 0.1) is 6.92 Å². The Kier molecular flexibility index (Phi) is 6.70. The number of carbonyl (C=O) groups is 1. The van der Waals surface area contributed by atoms with Gasteiger partial charge in [0, 0.05) is 16.7 Å². The molecule has 0 aliphatic carbocycles. The van der Waals surface area contributed by atoms with E-state index in [-0.39, 0.29) is 11.9 Å². The minimum atomic E-state index is -3.38. The van der Waals surface area contributed by atoms with Crippen LogP contribution in [0.1, 0.15) is 19.4 Å². The maximum absolute atomic E-state index is 11.8. The smallest absolute Gasteiger partial charge is 0.238 e. The number of nitrogens with one attached hydrogen (secondary N) is 2. The van der Waals surface area contributed by atoms with Crippen LogP contribution in [-0.4, -0.2) is 38.4 Å². The fraction of sp³-hybridized carbons (Fsp3) is 0.500. The average Bonchev–Trinajstić information content (AvgIpc) is 2.36. The average molecular weight is 330 g/mol. The molecule has 0 saturated heterocycles. The van der Waals surface area contributed by atoms with Gasteiger partial charge in [-0.1, -0.05) is 17.7 Å². The zero-order valence-corrected chi connectivity index (χ0v) is 14.3. The minimum Gasteiger partial charge on any atom is -0.351 e. The predicted molar refractivity (Wildman–Crippen MR) is 86.9 cm³/mol. The van der Waals surface area contributed by atoms with E-state index in [4.69, 9.17) is 0 Å². The van der Waals surface area contributed by atoms with E-state index in [0.29, 0.717) is 0 Å². The summed E-state index contributed by atoms with van der Waals surface area (Å²) < 4.78 is 24.4. The molecule has 1 aromatic carbocycles. The quantitative estimate of drug-likeness (QED) is 0.744. The second-order valence-electron chi connectivity index (χ2n) is 5.15. The standard InChI is InChI=1S/C14H22N2O3S2/c1-10-5-7-13(8-6-10)20-9-11(2)15-14(17)12(3)16-21(4,18)19/h5-8,11-12,16H,9H2,1-4H3,(H,15,17)/t11-,12+/m1/s1. The normalized spacial score (nSPS) is 14.5. The number of aryl methyl sites for hydroxylation is 1. The fourth-order valence-electron chi connectivity index (χ4n) is 1.64. The van der Waals surface area contributed by atoms with E-state index in [1.165, 1.54) is 12.5 Å². The Hall–Kier alpha value is -1.05. The summed E-state index contributed by atoms with van der Waals surface area (Å²) in [5.41, 5.74) is 1.21. The number of carbonyl (C=O) groups excluding carboxylic acids is 1. The number of rotatable bonds is 7. The number of thioether (sulfide) groups is 1. The van der Waals surface area contributed by atoms with E-state index in [0.717, 1.165) is 16.9 Å². The number of hydrogen-bond acceptors (Lipinski definition) is 4. The first kappa shape index (κ1) is 18.0. The Balaban J connectivity index is 2.40. The van der Waals surface area contributed by atoms with Crippen LogP contribution < -0.4 is 10.0 Å². The van der Waals surface area contributed by atoms with Gasteiger partial charge in [-0.25, -0.2) is 13.1 Å². The lowest BCUT2D eigenvalue weighted by atomic mass is 10.2. The lowest BCUT2D eigenvalue weighted by Gasteiger charge is -2.17. The van der Waals surface area contributed by atoms with Gasteiger partial charge in [0.1, 0.15) is 0 Å². The Morgan fingerprint density at radius 3 is 2.33 bits per heavy atom. The van der Waals surface area contributed by atoms with Crippen LogP contribution in [0.5, 0.6) is 0 Å². The molecular weight excluding hydrogens is 308 g/mol. The Bertz CT molecular complexity index is 570. The van der Waals surface area contributed by atoms with Crippen molar-refractivity contribution in [1.29, 1.82) is 0 Å². The van der Waals surface area contributed by atoms with Gasteiger partial charge in [0.25, 0.3) is 0 Å². The van der Waals surface area contributed by atoms with E-state index in [2.05, 4.69) is 10.0 Å². The second-order valence-corrected chi connectivity index (χ2v) is 8.02. The van der Waals surface area contributed by atoms with Gasteiger partial charge in [0.05, 0.1) is 12.3 Å². The van der Waals surface area contributed by atoms with Crippen molar-refractivity contribution >= 4 is 27.7 Å². The van der Waals surface area contributed by atoms with Gasteiger partial charge in [-0.3, -0.25) is 4.79 Å². The van der Waals surface area contributed by atoms with Crippen LogP contribution in [0.4, 0.5) is 0 Å². The van der Waals surface area contributed by atoms with E-state index >= 15 is 0 Å². The first-order valence-electron chi connectivity index (χ1n) is 6.64. The zero-order chi connectivity index (χ0) is 16.0. The van der Waals surface area contributed by atoms with Crippen LogP contribution >= 0.6 is 11.8 Å². The van der Waals surface area contributed by atoms with Crippen molar-refractivity contribution in [3.05, 3.63) is 29.8 Å². The molecule has 2 N–H and O–H groups in total. The van der Waals surface area contributed by atoms with Gasteiger partial charge in [-0.15, -0.1) is 11.8 Å². The highest BCUT2D eigenvalue weighted by Crippen LogP contribution is 2.19. The van der Waals surface area contributed by atoms with Gasteiger partial charge in [-0.2, -0.15) is 0 Å². The molecule has 0 fully saturated rings. The lowest BCUT2D eigenvalue weighted by molar-refractivity contribution is -0.122. The summed E-state index contributed by atoms with van der Waals surface area (Å²) in [5, 5.41) is 2.80. The van der Waals surface area contributed by atoms with Crippen LogP contribution in [0.15, 0.2) is 29.2 Å². The van der Waals surface area contributed by atoms with E-state index in [9.17, 15) is 13.2 Å². The summed E-state index contributed by atoms with van der Waals surface area (Å²) in [7, 11) is -3.38. The van der Waals surface area contributed by atoms with Crippen molar-refractivity contribution < 1.29 is 13.2 Å². The Labute approximate surface area is 130 Å². The molecule has 0 unspecified atom stereocenters. The molecule has 0 spiro atoms. The third kappa shape index (κ3) is 7.50. The van der Waals surface area contributed by atoms with Crippen molar-refractivity contribution in [3.63, 3.8) is 0 Å². The highest BCUT2D eigenvalue weighted by atomic mass is 32.2. The fourth-order valence-corrected chi connectivity index (χ4v) is 3.24. The van der Waals surface area contributed by atoms with Crippen molar-refractivity contribution in [3.8, 4) is 0 Å². The molecule has 0 radical (unpaired) electrons. The summed E-state index contributed by atoms with van der Waals surface area (Å²) in [6, 6.07) is 7.36. The van der Waals surface area contributed by atoms with Gasteiger partial charge in [-0.05, 0) is 32.9 Å². The van der Waals surface area contributed by atoms with Gasteiger partial charge in [0.2, 0.25) is 15.9 Å². The SMILES string of the molecule is Cc1ccc(SC[C@@H](C)NC(=O)[C@H](C)NS(C)(=O)=O)cc1. The van der Waals surface area contributed by atoms with Crippen molar-refractivity contribution in [2.75, 3.05) is 12.0 Å². The summed E-state index contributed by atoms with van der Waals surface area (Å²) in [6.07, 6.45) is 1.04. The maximum atomic E-state index is 11.8. The Morgan fingerprint density at radius 1 is 1.24 bits per heavy atom. The van der Waals surface area contributed by atoms with E-state index in [1.807, 2.05) is 38.1 Å². The highest BCUT2D eigenvalue weighted by molar-refractivity contribution is 7.99. The number of hydrogen-bond donors (Lipinski definition) is 2. The zero-order valence-electron chi connectivity index (χ0n) is 12.7. The molecule has 0 heterocycles. The van der Waals surface area contributed by atoms with Gasteiger partial charge < -0.3 is 5.32 Å². The molecule has 118 valence electrons. The molecule has 1 amide bonds. The summed E-state index contributed by atoms with van der Waals surface area (Å²) in [6.45, 7) is 5.45. The maximum Gasteiger partial charge on any atom is 0.238 e. The van der Waals surface area contributed by atoms with Crippen LogP contribution in [0.2, 0.25) is 0 Å². The molecule has 0 bridgehead atoms. The molecule has 2 atom stereocenters. The molecule has 1 rings (SSSR count). The molecule has 21 heavy (non-hydrogen) atoms. The van der Waals surface area contributed by atoms with Gasteiger partial charge >= 0.3 is 0 Å².